The van der Waals surface area contributed by atoms with Crippen LogP contribution in [0, 0.1) is 12.7 Å². The summed E-state index contributed by atoms with van der Waals surface area (Å²) in [5.74, 6) is 0.673. The van der Waals surface area contributed by atoms with Gasteiger partial charge in [-0.05, 0) is 49.7 Å². The lowest BCUT2D eigenvalue weighted by Gasteiger charge is -2.24. The maximum absolute atomic E-state index is 14.5. The van der Waals surface area contributed by atoms with E-state index in [9.17, 15) is 4.39 Å². The molecule has 28 heavy (non-hydrogen) atoms. The number of thioether (sulfide) groups is 1. The average Bonchev–Trinajstić information content (AvgIpc) is 2.87. The Balaban J connectivity index is 1.70. The molecule has 144 valence electrons. The Bertz CT molecular complexity index is 978. The third-order valence-electron chi connectivity index (χ3n) is 4.99. The van der Waals surface area contributed by atoms with Crippen LogP contribution in [0.25, 0.3) is 0 Å². The molecular formula is C23H23FN2OS. The number of halogens is 1. The zero-order valence-electron chi connectivity index (χ0n) is 16.1. The van der Waals surface area contributed by atoms with E-state index in [1.807, 2.05) is 37.3 Å². The summed E-state index contributed by atoms with van der Waals surface area (Å²) in [7, 11) is 1.67. The lowest BCUT2D eigenvalue weighted by Crippen LogP contribution is -2.24. The second-order valence-corrected chi connectivity index (χ2v) is 8.19. The summed E-state index contributed by atoms with van der Waals surface area (Å²) in [6, 6.07) is 19.3. The summed E-state index contributed by atoms with van der Waals surface area (Å²) in [6.07, 6.45) is 0.856. The van der Waals surface area contributed by atoms with Crippen LogP contribution in [0.4, 0.5) is 10.1 Å². The van der Waals surface area contributed by atoms with Crippen molar-refractivity contribution >= 4 is 17.4 Å². The van der Waals surface area contributed by atoms with E-state index in [4.69, 9.17) is 4.74 Å². The molecule has 1 aromatic heterocycles. The van der Waals surface area contributed by atoms with Gasteiger partial charge in [0.2, 0.25) is 0 Å². The minimum atomic E-state index is -0.141. The van der Waals surface area contributed by atoms with Gasteiger partial charge in [0, 0.05) is 27.9 Å². The number of methoxy groups -OCH3 is 1. The Morgan fingerprint density at radius 1 is 1.14 bits per heavy atom. The van der Waals surface area contributed by atoms with E-state index in [2.05, 4.69) is 28.1 Å². The van der Waals surface area contributed by atoms with Crippen LogP contribution in [0.2, 0.25) is 0 Å². The van der Waals surface area contributed by atoms with E-state index >= 15 is 0 Å². The standard InChI is InChI=1S/C23H23FN2OS/c1-16-6-5-7-17(25-16)15-26-13-12-22(19-8-3-4-9-20(19)24)28-23-14-18(27-2)10-11-21(23)26/h3-11,14,22H,12-13,15H2,1-2H3. The van der Waals surface area contributed by atoms with Crippen molar-refractivity contribution in [1.29, 1.82) is 0 Å². The van der Waals surface area contributed by atoms with Gasteiger partial charge in [0.1, 0.15) is 11.6 Å². The average molecular weight is 395 g/mol. The van der Waals surface area contributed by atoms with Crippen LogP contribution in [-0.4, -0.2) is 18.6 Å². The largest absolute Gasteiger partial charge is 0.497 e. The summed E-state index contributed by atoms with van der Waals surface area (Å²) >= 11 is 1.71. The van der Waals surface area contributed by atoms with Crippen LogP contribution in [0.5, 0.6) is 5.75 Å². The number of aryl methyl sites for hydroxylation is 1. The van der Waals surface area contributed by atoms with Gasteiger partial charge in [0.25, 0.3) is 0 Å². The first-order valence-corrected chi connectivity index (χ1v) is 10.3. The highest BCUT2D eigenvalue weighted by atomic mass is 32.2. The van der Waals surface area contributed by atoms with Crippen molar-refractivity contribution in [2.24, 2.45) is 0 Å². The normalized spacial score (nSPS) is 16.4. The number of benzene rings is 2. The van der Waals surface area contributed by atoms with Crippen LogP contribution in [0.1, 0.15) is 28.6 Å². The number of nitrogens with zero attached hydrogens (tertiary/aromatic N) is 2. The SMILES string of the molecule is COc1ccc2c(c1)SC(c1ccccc1F)CCN2Cc1cccc(C)n1. The Labute approximate surface area is 169 Å². The van der Waals surface area contributed by atoms with E-state index < -0.39 is 0 Å². The third kappa shape index (κ3) is 3.99. The van der Waals surface area contributed by atoms with E-state index in [0.717, 1.165) is 52.8 Å². The van der Waals surface area contributed by atoms with Gasteiger partial charge in [0.05, 0.1) is 25.0 Å². The highest BCUT2D eigenvalue weighted by Crippen LogP contribution is 2.47. The predicted molar refractivity (Wildman–Crippen MR) is 113 cm³/mol. The summed E-state index contributed by atoms with van der Waals surface area (Å²) in [5.41, 5.74) is 3.96. The molecule has 0 aliphatic carbocycles. The van der Waals surface area contributed by atoms with Crippen molar-refractivity contribution in [2.75, 3.05) is 18.6 Å². The van der Waals surface area contributed by atoms with Crippen molar-refractivity contribution < 1.29 is 9.13 Å². The number of ether oxygens (including phenoxy) is 1. The molecule has 1 aliphatic heterocycles. The van der Waals surface area contributed by atoms with Gasteiger partial charge in [-0.1, -0.05) is 24.3 Å². The first-order chi connectivity index (χ1) is 13.6. The molecule has 2 aromatic carbocycles. The van der Waals surface area contributed by atoms with Crippen molar-refractivity contribution in [1.82, 2.24) is 4.98 Å². The lowest BCUT2D eigenvalue weighted by atomic mass is 10.1. The number of hydrogen-bond acceptors (Lipinski definition) is 4. The number of hydrogen-bond donors (Lipinski definition) is 0. The highest BCUT2D eigenvalue weighted by Gasteiger charge is 2.25. The molecule has 0 spiro atoms. The molecule has 0 radical (unpaired) electrons. The van der Waals surface area contributed by atoms with Crippen LogP contribution in [0.3, 0.4) is 0 Å². The topological polar surface area (TPSA) is 25.4 Å². The molecule has 0 bridgehead atoms. The quantitative estimate of drug-likeness (QED) is 0.560. The minimum absolute atomic E-state index is 0.0579. The molecule has 2 heterocycles. The molecule has 0 fully saturated rings. The monoisotopic (exact) mass is 394 g/mol. The Kier molecular flexibility index (Phi) is 5.53. The van der Waals surface area contributed by atoms with Crippen LogP contribution in [-0.2, 0) is 6.54 Å². The Morgan fingerprint density at radius 3 is 2.79 bits per heavy atom. The summed E-state index contributed by atoms with van der Waals surface area (Å²) in [5, 5.41) is 0.0579. The third-order valence-corrected chi connectivity index (χ3v) is 6.34. The Hall–Kier alpha value is -2.53. The molecule has 0 N–H and O–H groups in total. The zero-order chi connectivity index (χ0) is 19.5. The summed E-state index contributed by atoms with van der Waals surface area (Å²) in [4.78, 5) is 8.11. The predicted octanol–water partition coefficient (Wildman–Crippen LogP) is 5.78. The van der Waals surface area contributed by atoms with Crippen LogP contribution < -0.4 is 9.64 Å². The first kappa shape index (κ1) is 18.8. The second kappa shape index (κ2) is 8.23. The van der Waals surface area contributed by atoms with Crippen molar-refractivity contribution in [3.05, 3.63) is 83.4 Å². The molecule has 4 rings (SSSR count). The fourth-order valence-electron chi connectivity index (χ4n) is 3.59. The van der Waals surface area contributed by atoms with Gasteiger partial charge in [-0.25, -0.2) is 4.39 Å². The Morgan fingerprint density at radius 2 is 2.00 bits per heavy atom. The molecule has 0 amide bonds. The van der Waals surface area contributed by atoms with Gasteiger partial charge in [-0.3, -0.25) is 4.98 Å². The molecule has 0 saturated carbocycles. The van der Waals surface area contributed by atoms with Gasteiger partial charge in [-0.15, -0.1) is 11.8 Å². The maximum atomic E-state index is 14.5. The van der Waals surface area contributed by atoms with Gasteiger partial charge < -0.3 is 9.64 Å². The van der Waals surface area contributed by atoms with E-state index in [1.54, 1.807) is 31.0 Å². The molecule has 1 aliphatic rings. The smallest absolute Gasteiger partial charge is 0.127 e. The van der Waals surface area contributed by atoms with E-state index in [0.29, 0.717) is 0 Å². The van der Waals surface area contributed by atoms with Gasteiger partial charge >= 0.3 is 0 Å². The van der Waals surface area contributed by atoms with Crippen molar-refractivity contribution in [2.45, 2.75) is 30.0 Å². The molecule has 1 unspecified atom stereocenters. The van der Waals surface area contributed by atoms with Crippen LogP contribution >= 0.6 is 11.8 Å². The van der Waals surface area contributed by atoms with E-state index in [1.165, 1.54) is 0 Å². The fraction of sp³-hybridized carbons (Fsp3) is 0.261. The number of aromatic nitrogens is 1. The molecule has 5 heteroatoms. The molecule has 1 atom stereocenters. The molecule has 0 saturated heterocycles. The van der Waals surface area contributed by atoms with Crippen molar-refractivity contribution in [3.63, 3.8) is 0 Å². The first-order valence-electron chi connectivity index (χ1n) is 9.40. The molecule has 3 aromatic rings. The number of pyridine rings is 1. The maximum Gasteiger partial charge on any atom is 0.127 e. The molecule has 3 nitrogen and oxygen atoms in total. The van der Waals surface area contributed by atoms with Gasteiger partial charge in [-0.2, -0.15) is 0 Å². The number of fused-ring (bicyclic) bond motifs is 1. The zero-order valence-corrected chi connectivity index (χ0v) is 16.9. The second-order valence-electron chi connectivity index (χ2n) is 6.94. The van der Waals surface area contributed by atoms with Crippen LogP contribution in [0.15, 0.2) is 65.6 Å². The summed E-state index contributed by atoms with van der Waals surface area (Å²) in [6.45, 7) is 3.57. The number of anilines is 1. The number of rotatable bonds is 4. The molecular weight excluding hydrogens is 371 g/mol. The highest BCUT2D eigenvalue weighted by molar-refractivity contribution is 7.99. The van der Waals surface area contributed by atoms with E-state index in [-0.39, 0.29) is 11.1 Å². The van der Waals surface area contributed by atoms with Crippen molar-refractivity contribution in [3.8, 4) is 5.75 Å². The van der Waals surface area contributed by atoms with Gasteiger partial charge in [0.15, 0.2) is 0 Å². The minimum Gasteiger partial charge on any atom is -0.497 e. The summed E-state index contributed by atoms with van der Waals surface area (Å²) < 4.78 is 19.9. The lowest BCUT2D eigenvalue weighted by molar-refractivity contribution is 0.413. The fourth-order valence-corrected chi connectivity index (χ4v) is 4.94.